The SMILES string of the molecule is CN(CCO)S(=O)(=O)c1ccc(Br)c(C(F)(F)F)c1.CNCCO.O=S(=O)(Cl)c1ccc(Br)c(C(F)(F)F)c1. The second-order valence-corrected chi connectivity index (χ2v) is 13.4. The Balaban J connectivity index is 0.000000643. The molecule has 0 fully saturated rings. The monoisotopic (exact) mass is 758 g/mol. The maximum atomic E-state index is 12.7. The van der Waals surface area contributed by atoms with Gasteiger partial charge in [0.05, 0.1) is 34.1 Å². The van der Waals surface area contributed by atoms with Crippen LogP contribution < -0.4 is 5.32 Å². The molecule has 0 amide bonds. The fraction of sp³-hybridized carbons (Fsp3) is 0.400. The second-order valence-electron chi connectivity index (χ2n) is 7.09. The Morgan fingerprint density at radius 3 is 1.56 bits per heavy atom. The van der Waals surface area contributed by atoms with E-state index in [2.05, 4.69) is 37.2 Å². The summed E-state index contributed by atoms with van der Waals surface area (Å²) >= 11 is 5.41. The van der Waals surface area contributed by atoms with E-state index in [1.807, 2.05) is 0 Å². The zero-order valence-electron chi connectivity index (χ0n) is 20.0. The van der Waals surface area contributed by atoms with Crippen LogP contribution in [-0.2, 0) is 31.4 Å². The third-order valence-electron chi connectivity index (χ3n) is 4.25. The lowest BCUT2D eigenvalue weighted by Crippen LogP contribution is -2.29. The van der Waals surface area contributed by atoms with Gasteiger partial charge in [-0.1, -0.05) is 31.9 Å². The lowest BCUT2D eigenvalue weighted by Gasteiger charge is -2.17. The van der Waals surface area contributed by atoms with Gasteiger partial charge in [0.25, 0.3) is 9.05 Å². The van der Waals surface area contributed by atoms with Crippen molar-refractivity contribution in [2.75, 3.05) is 40.4 Å². The molecule has 0 aliphatic carbocycles. The van der Waals surface area contributed by atoms with Crippen LogP contribution in [0.25, 0.3) is 0 Å². The molecule has 2 rings (SSSR count). The molecule has 0 bridgehead atoms. The van der Waals surface area contributed by atoms with Crippen molar-refractivity contribution in [3.8, 4) is 0 Å². The summed E-state index contributed by atoms with van der Waals surface area (Å²) in [4.78, 5) is -1.06. The van der Waals surface area contributed by atoms with Gasteiger partial charge < -0.3 is 15.5 Å². The smallest absolute Gasteiger partial charge is 0.395 e. The number of nitrogens with one attached hydrogen (secondary N) is 1. The zero-order valence-corrected chi connectivity index (χ0v) is 25.5. The summed E-state index contributed by atoms with van der Waals surface area (Å²) in [5, 5.41) is 19.5. The number of aliphatic hydroxyl groups is 2. The molecular formula is C20H23Br2ClF6N2O6S2. The Labute approximate surface area is 242 Å². The number of sulfonamides is 1. The Kier molecular flexibility index (Phi) is 15.5. The van der Waals surface area contributed by atoms with E-state index >= 15 is 0 Å². The van der Waals surface area contributed by atoms with Crippen LogP contribution in [0.4, 0.5) is 26.3 Å². The Morgan fingerprint density at radius 1 is 0.846 bits per heavy atom. The summed E-state index contributed by atoms with van der Waals surface area (Å²) in [6.07, 6.45) is -9.28. The number of likely N-dealkylation sites (N-methyl/N-ethyl adjacent to an activating group) is 2. The van der Waals surface area contributed by atoms with Crippen LogP contribution in [-0.4, -0.2) is 71.8 Å². The first-order chi connectivity index (χ1) is 17.6. The molecule has 0 atom stereocenters. The predicted octanol–water partition coefficient (Wildman–Crippen LogP) is 4.67. The first-order valence-electron chi connectivity index (χ1n) is 10.1. The van der Waals surface area contributed by atoms with Gasteiger partial charge >= 0.3 is 12.4 Å². The third-order valence-corrected chi connectivity index (χ3v) is 8.84. The van der Waals surface area contributed by atoms with Crippen LogP contribution in [0.5, 0.6) is 0 Å². The fourth-order valence-electron chi connectivity index (χ4n) is 2.31. The van der Waals surface area contributed by atoms with Crippen molar-refractivity contribution in [2.24, 2.45) is 0 Å². The Hall–Kier alpha value is -0.990. The molecule has 0 aliphatic rings. The van der Waals surface area contributed by atoms with Crippen LogP contribution in [0.15, 0.2) is 55.1 Å². The van der Waals surface area contributed by atoms with Gasteiger partial charge in [0.15, 0.2) is 0 Å². The lowest BCUT2D eigenvalue weighted by molar-refractivity contribution is -0.139. The minimum atomic E-state index is -4.65. The summed E-state index contributed by atoms with van der Waals surface area (Å²) in [6.45, 7) is 0.314. The van der Waals surface area contributed by atoms with E-state index in [-0.39, 0.29) is 22.1 Å². The minimum Gasteiger partial charge on any atom is -0.395 e. The van der Waals surface area contributed by atoms with Crippen molar-refractivity contribution in [1.82, 2.24) is 9.62 Å². The van der Waals surface area contributed by atoms with Gasteiger partial charge in [0.2, 0.25) is 10.0 Å². The number of aliphatic hydroxyl groups excluding tert-OH is 2. The lowest BCUT2D eigenvalue weighted by atomic mass is 10.2. The molecule has 0 saturated carbocycles. The number of benzene rings is 2. The molecule has 2 aromatic rings. The van der Waals surface area contributed by atoms with Gasteiger partial charge in [-0.05, 0) is 43.4 Å². The Bertz CT molecular complexity index is 1290. The van der Waals surface area contributed by atoms with Crippen molar-refractivity contribution in [3.63, 3.8) is 0 Å². The standard InChI is InChI=1S/C10H11BrF3NO3S.C7H3BrClF3O2S.C3H9NO/c1-15(4-5-16)19(17,18)7-2-3-9(11)8(6-7)10(12,13)14;8-6-2-1-4(15(9,13)14)3-5(6)7(10,11)12;1-4-2-3-5/h2-3,6,16H,4-5H2,1H3;1-3H;4-5H,2-3H2,1H3. The average molecular weight is 761 g/mol. The molecule has 19 heteroatoms. The van der Waals surface area contributed by atoms with Gasteiger partial charge in [-0.15, -0.1) is 0 Å². The molecule has 39 heavy (non-hydrogen) atoms. The van der Waals surface area contributed by atoms with Gasteiger partial charge in [0, 0.05) is 39.8 Å². The highest BCUT2D eigenvalue weighted by Crippen LogP contribution is 2.37. The summed E-state index contributed by atoms with van der Waals surface area (Å²) in [6, 6.07) is 5.12. The first-order valence-corrected chi connectivity index (χ1v) is 15.5. The first kappa shape index (κ1) is 38.0. The van der Waals surface area contributed by atoms with Crippen molar-refractivity contribution < 1.29 is 53.4 Å². The van der Waals surface area contributed by atoms with Crippen molar-refractivity contribution in [1.29, 1.82) is 0 Å². The van der Waals surface area contributed by atoms with E-state index in [0.717, 1.165) is 28.6 Å². The van der Waals surface area contributed by atoms with E-state index in [9.17, 15) is 43.2 Å². The minimum absolute atomic E-state index is 0.195. The highest BCUT2D eigenvalue weighted by atomic mass is 79.9. The van der Waals surface area contributed by atoms with Crippen molar-refractivity contribution in [3.05, 3.63) is 56.5 Å². The van der Waals surface area contributed by atoms with Crippen LogP contribution in [0.3, 0.4) is 0 Å². The van der Waals surface area contributed by atoms with Gasteiger partial charge in [0.1, 0.15) is 0 Å². The van der Waals surface area contributed by atoms with Crippen molar-refractivity contribution >= 4 is 61.6 Å². The second kappa shape index (κ2) is 15.9. The van der Waals surface area contributed by atoms with Crippen LogP contribution in [0, 0.1) is 0 Å². The van der Waals surface area contributed by atoms with Crippen LogP contribution in [0.1, 0.15) is 11.1 Å². The highest BCUT2D eigenvalue weighted by molar-refractivity contribution is 9.10. The molecule has 224 valence electrons. The topological polar surface area (TPSA) is 124 Å². The molecule has 0 aliphatic heterocycles. The molecule has 0 saturated heterocycles. The average Bonchev–Trinajstić information content (AvgIpc) is 2.78. The fourth-order valence-corrected chi connectivity index (χ4v) is 5.22. The summed E-state index contributed by atoms with van der Waals surface area (Å²) in [5.41, 5.74) is -2.14. The Morgan fingerprint density at radius 2 is 1.26 bits per heavy atom. The molecule has 0 radical (unpaired) electrons. The van der Waals surface area contributed by atoms with E-state index in [4.69, 9.17) is 20.9 Å². The molecule has 0 unspecified atom stereocenters. The van der Waals surface area contributed by atoms with Gasteiger partial charge in [-0.3, -0.25) is 0 Å². The van der Waals surface area contributed by atoms with E-state index in [1.165, 1.54) is 7.05 Å². The van der Waals surface area contributed by atoms with E-state index in [0.29, 0.717) is 18.7 Å². The number of halogens is 9. The largest absolute Gasteiger partial charge is 0.417 e. The molecule has 8 nitrogen and oxygen atoms in total. The maximum Gasteiger partial charge on any atom is 0.417 e. The number of rotatable bonds is 7. The van der Waals surface area contributed by atoms with Crippen LogP contribution in [0.2, 0.25) is 0 Å². The summed E-state index contributed by atoms with van der Waals surface area (Å²) < 4.78 is 121. The number of hydrogen-bond donors (Lipinski definition) is 3. The summed E-state index contributed by atoms with van der Waals surface area (Å²) in [7, 11) is -0.293. The third kappa shape index (κ3) is 12.6. The maximum absolute atomic E-state index is 12.7. The summed E-state index contributed by atoms with van der Waals surface area (Å²) in [5.74, 6) is 0. The van der Waals surface area contributed by atoms with Gasteiger partial charge in [-0.2, -0.15) is 30.6 Å². The molecule has 3 N–H and O–H groups in total. The van der Waals surface area contributed by atoms with Crippen molar-refractivity contribution in [2.45, 2.75) is 22.1 Å². The number of nitrogens with zero attached hydrogens (tertiary/aromatic N) is 1. The zero-order chi connectivity index (χ0) is 30.8. The van der Waals surface area contributed by atoms with Crippen LogP contribution >= 0.6 is 42.5 Å². The molecule has 0 heterocycles. The molecule has 2 aromatic carbocycles. The highest BCUT2D eigenvalue weighted by Gasteiger charge is 2.35. The molecular weight excluding hydrogens is 738 g/mol. The number of alkyl halides is 6. The van der Waals surface area contributed by atoms with Gasteiger partial charge in [-0.25, -0.2) is 16.8 Å². The van der Waals surface area contributed by atoms with E-state index < -0.39 is 59.0 Å². The molecule has 0 spiro atoms. The quantitative estimate of drug-likeness (QED) is 0.277. The normalized spacial score (nSPS) is 12.4. The van der Waals surface area contributed by atoms with E-state index in [1.54, 1.807) is 7.05 Å². The number of hydrogen-bond acceptors (Lipinski definition) is 7. The molecule has 0 aromatic heterocycles. The predicted molar refractivity (Wildman–Crippen MR) is 139 cm³/mol.